The molecule has 1 amide bonds. The number of carbonyl (C=O) groups is 2. The van der Waals surface area contributed by atoms with Gasteiger partial charge in [-0.3, -0.25) is 9.59 Å². The van der Waals surface area contributed by atoms with Crippen LogP contribution in [0.4, 0.5) is 0 Å². The van der Waals surface area contributed by atoms with Gasteiger partial charge in [-0.15, -0.1) is 0 Å². The van der Waals surface area contributed by atoms with Crippen molar-refractivity contribution in [3.05, 3.63) is 29.6 Å². The molecule has 1 aromatic heterocycles. The number of aromatic nitrogens is 1. The molecule has 1 atom stereocenters. The highest BCUT2D eigenvalue weighted by atomic mass is 16.4. The third kappa shape index (κ3) is 3.55. The van der Waals surface area contributed by atoms with Gasteiger partial charge in [-0.25, -0.2) is 4.98 Å². The summed E-state index contributed by atoms with van der Waals surface area (Å²) < 4.78 is 0. The number of aryl methyl sites for hydroxylation is 1. The zero-order valence-electron chi connectivity index (χ0n) is 10.9. The Labute approximate surface area is 106 Å². The van der Waals surface area contributed by atoms with Crippen LogP contribution in [0.15, 0.2) is 18.2 Å². The number of hydrogen-bond donors (Lipinski definition) is 1. The van der Waals surface area contributed by atoms with Gasteiger partial charge >= 0.3 is 5.97 Å². The summed E-state index contributed by atoms with van der Waals surface area (Å²) in [7, 11) is 0. The van der Waals surface area contributed by atoms with E-state index in [9.17, 15) is 9.59 Å². The van der Waals surface area contributed by atoms with Crippen molar-refractivity contribution in [1.29, 1.82) is 0 Å². The smallest absolute Gasteiger partial charge is 0.323 e. The lowest BCUT2D eigenvalue weighted by molar-refractivity contribution is -0.138. The first-order valence-electron chi connectivity index (χ1n) is 5.92. The summed E-state index contributed by atoms with van der Waals surface area (Å²) in [6, 6.07) is 5.01. The monoisotopic (exact) mass is 250 g/mol. The molecule has 98 valence electrons. The van der Waals surface area contributed by atoms with Crippen LogP contribution >= 0.6 is 0 Å². The molecule has 0 fully saturated rings. The molecule has 1 aromatic rings. The fourth-order valence-corrected chi connectivity index (χ4v) is 1.60. The minimum atomic E-state index is -1.02. The molecule has 0 spiro atoms. The number of nitrogens with zero attached hydrogens (tertiary/aromatic N) is 2. The van der Waals surface area contributed by atoms with Crippen molar-refractivity contribution >= 4 is 11.9 Å². The molecule has 0 aliphatic heterocycles. The Balaban J connectivity index is 2.98. The highest BCUT2D eigenvalue weighted by Crippen LogP contribution is 2.09. The average molecular weight is 250 g/mol. The number of hydrogen-bond acceptors (Lipinski definition) is 3. The minimum absolute atomic E-state index is 0.129. The highest BCUT2D eigenvalue weighted by molar-refractivity contribution is 5.94. The van der Waals surface area contributed by atoms with Crippen molar-refractivity contribution in [1.82, 2.24) is 9.88 Å². The van der Waals surface area contributed by atoms with Crippen LogP contribution in [0.3, 0.4) is 0 Å². The predicted molar refractivity (Wildman–Crippen MR) is 67.4 cm³/mol. The Morgan fingerprint density at radius 3 is 2.61 bits per heavy atom. The summed E-state index contributed by atoms with van der Waals surface area (Å²) in [4.78, 5) is 28.5. The lowest BCUT2D eigenvalue weighted by Crippen LogP contribution is -2.42. The molecular weight excluding hydrogens is 232 g/mol. The maximum Gasteiger partial charge on any atom is 0.323 e. The molecule has 0 aromatic carbocycles. The van der Waals surface area contributed by atoms with Crippen LogP contribution in [0.25, 0.3) is 0 Å². The second-order valence-corrected chi connectivity index (χ2v) is 4.25. The number of carboxylic acid groups (broad SMARTS) is 1. The fraction of sp³-hybridized carbons (Fsp3) is 0.462. The van der Waals surface area contributed by atoms with E-state index in [-0.39, 0.29) is 24.2 Å². The SMILES string of the molecule is CCC(C)N(CC(=O)O)C(=O)c1cccc(C)n1. The molecule has 1 unspecified atom stereocenters. The van der Waals surface area contributed by atoms with Gasteiger partial charge in [0.05, 0.1) is 0 Å². The summed E-state index contributed by atoms with van der Waals surface area (Å²) in [6.07, 6.45) is 0.699. The summed E-state index contributed by atoms with van der Waals surface area (Å²) >= 11 is 0. The summed E-state index contributed by atoms with van der Waals surface area (Å²) in [5.41, 5.74) is 1.02. The Bertz CT molecular complexity index is 446. The van der Waals surface area contributed by atoms with Crippen molar-refractivity contribution < 1.29 is 14.7 Å². The third-order valence-corrected chi connectivity index (χ3v) is 2.80. The first kappa shape index (κ1) is 14.2. The predicted octanol–water partition coefficient (Wildman–Crippen LogP) is 1.72. The Hall–Kier alpha value is -1.91. The van der Waals surface area contributed by atoms with Crippen molar-refractivity contribution in [2.24, 2.45) is 0 Å². The zero-order valence-corrected chi connectivity index (χ0v) is 10.9. The first-order valence-corrected chi connectivity index (χ1v) is 5.92. The van der Waals surface area contributed by atoms with Crippen molar-refractivity contribution in [3.63, 3.8) is 0 Å². The van der Waals surface area contributed by atoms with Crippen LogP contribution in [0.5, 0.6) is 0 Å². The Kier molecular flexibility index (Phi) is 4.83. The van der Waals surface area contributed by atoms with Crippen molar-refractivity contribution in [2.45, 2.75) is 33.2 Å². The number of carbonyl (C=O) groups excluding carboxylic acids is 1. The van der Waals surface area contributed by atoms with Gasteiger partial charge in [-0.05, 0) is 32.4 Å². The quantitative estimate of drug-likeness (QED) is 0.863. The molecule has 5 heteroatoms. The van der Waals surface area contributed by atoms with Crippen LogP contribution in [0, 0.1) is 6.92 Å². The molecular formula is C13H18N2O3. The van der Waals surface area contributed by atoms with Gasteiger partial charge < -0.3 is 10.0 Å². The van der Waals surface area contributed by atoms with E-state index in [1.165, 1.54) is 4.90 Å². The van der Waals surface area contributed by atoms with Crippen LogP contribution in [-0.2, 0) is 4.79 Å². The van der Waals surface area contributed by atoms with E-state index < -0.39 is 5.97 Å². The van der Waals surface area contributed by atoms with Gasteiger partial charge in [0.25, 0.3) is 5.91 Å². The topological polar surface area (TPSA) is 70.5 Å². The van der Waals surface area contributed by atoms with Gasteiger partial charge in [-0.2, -0.15) is 0 Å². The minimum Gasteiger partial charge on any atom is -0.480 e. The number of amides is 1. The van der Waals surface area contributed by atoms with Gasteiger partial charge in [-0.1, -0.05) is 13.0 Å². The molecule has 1 rings (SSSR count). The molecule has 0 saturated carbocycles. The second-order valence-electron chi connectivity index (χ2n) is 4.25. The molecule has 0 radical (unpaired) electrons. The lowest BCUT2D eigenvalue weighted by atomic mass is 10.2. The first-order chi connectivity index (χ1) is 8.45. The zero-order chi connectivity index (χ0) is 13.7. The van der Waals surface area contributed by atoms with E-state index in [0.29, 0.717) is 6.42 Å². The highest BCUT2D eigenvalue weighted by Gasteiger charge is 2.23. The van der Waals surface area contributed by atoms with Crippen LogP contribution < -0.4 is 0 Å². The fourth-order valence-electron chi connectivity index (χ4n) is 1.60. The second kappa shape index (κ2) is 6.14. The van der Waals surface area contributed by atoms with Gasteiger partial charge in [0, 0.05) is 11.7 Å². The van der Waals surface area contributed by atoms with E-state index >= 15 is 0 Å². The molecule has 0 aliphatic rings. The van der Waals surface area contributed by atoms with E-state index in [0.717, 1.165) is 5.69 Å². The summed E-state index contributed by atoms with van der Waals surface area (Å²) in [5.74, 6) is -1.35. The van der Waals surface area contributed by atoms with Gasteiger partial charge in [0.1, 0.15) is 12.2 Å². The van der Waals surface area contributed by atoms with Crippen molar-refractivity contribution in [2.75, 3.05) is 6.54 Å². The third-order valence-electron chi connectivity index (χ3n) is 2.80. The van der Waals surface area contributed by atoms with E-state index in [1.54, 1.807) is 25.1 Å². The summed E-state index contributed by atoms with van der Waals surface area (Å²) in [5, 5.41) is 8.86. The molecule has 0 saturated heterocycles. The van der Waals surface area contributed by atoms with E-state index in [1.807, 2.05) is 13.8 Å². The summed E-state index contributed by atoms with van der Waals surface area (Å²) in [6.45, 7) is 5.23. The number of pyridine rings is 1. The number of aliphatic carboxylic acids is 1. The van der Waals surface area contributed by atoms with Crippen LogP contribution in [0.2, 0.25) is 0 Å². The molecule has 1 heterocycles. The van der Waals surface area contributed by atoms with Gasteiger partial charge in [0.15, 0.2) is 0 Å². The molecule has 0 bridgehead atoms. The standard InChI is InChI=1S/C13H18N2O3/c1-4-10(3)15(8-12(16)17)13(18)11-7-5-6-9(2)14-11/h5-7,10H,4,8H2,1-3H3,(H,16,17). The van der Waals surface area contributed by atoms with Crippen LogP contribution in [-0.4, -0.2) is 39.5 Å². The number of carboxylic acids is 1. The Morgan fingerprint density at radius 2 is 2.11 bits per heavy atom. The maximum atomic E-state index is 12.2. The van der Waals surface area contributed by atoms with E-state index in [2.05, 4.69) is 4.98 Å². The Morgan fingerprint density at radius 1 is 1.44 bits per heavy atom. The van der Waals surface area contributed by atoms with Crippen molar-refractivity contribution in [3.8, 4) is 0 Å². The largest absolute Gasteiger partial charge is 0.480 e. The van der Waals surface area contributed by atoms with Crippen LogP contribution in [0.1, 0.15) is 36.5 Å². The molecule has 18 heavy (non-hydrogen) atoms. The molecule has 1 N–H and O–H groups in total. The van der Waals surface area contributed by atoms with Gasteiger partial charge in [0.2, 0.25) is 0 Å². The molecule has 5 nitrogen and oxygen atoms in total. The normalized spacial score (nSPS) is 11.9. The molecule has 0 aliphatic carbocycles. The average Bonchev–Trinajstić information content (AvgIpc) is 2.34. The maximum absolute atomic E-state index is 12.2. The van der Waals surface area contributed by atoms with E-state index in [4.69, 9.17) is 5.11 Å². The number of rotatable bonds is 5. The lowest BCUT2D eigenvalue weighted by Gasteiger charge is -2.26.